The van der Waals surface area contributed by atoms with Gasteiger partial charge in [-0.3, -0.25) is 0 Å². The van der Waals surface area contributed by atoms with Gasteiger partial charge in [0.1, 0.15) is 29.2 Å². The van der Waals surface area contributed by atoms with E-state index < -0.39 is 13.9 Å². The Balaban J connectivity index is 1.81. The predicted octanol–water partition coefficient (Wildman–Crippen LogP) is 6.52. The largest absolute Gasteiger partial charge is 0.360 e. The van der Waals surface area contributed by atoms with Gasteiger partial charge in [0.25, 0.3) is 0 Å². The van der Waals surface area contributed by atoms with Gasteiger partial charge in [-0.15, -0.1) is 0 Å². The third-order valence-electron chi connectivity index (χ3n) is 5.11. The second kappa shape index (κ2) is 8.94. The maximum Gasteiger partial charge on any atom is 0.143 e. The first-order valence-corrected chi connectivity index (χ1v) is 14.7. The Morgan fingerprint density at radius 3 is 2.72 bits per heavy atom. The molecule has 0 amide bonds. The number of amidine groups is 1. The first-order chi connectivity index (χ1) is 15.1. The average Bonchev–Trinajstić information content (AvgIpc) is 2.90. The van der Waals surface area contributed by atoms with Crippen LogP contribution in [0.4, 0.5) is 15.8 Å². The van der Waals surface area contributed by atoms with E-state index in [0.29, 0.717) is 28.8 Å². The molecule has 0 saturated carbocycles. The van der Waals surface area contributed by atoms with E-state index >= 15 is 0 Å². The number of hydrogen-bond donors (Lipinski definition) is 1. The molecule has 3 heterocycles. The molecule has 0 atom stereocenters. The third-order valence-corrected chi connectivity index (χ3v) is 7.33. The zero-order valence-electron chi connectivity index (χ0n) is 18.3. The van der Waals surface area contributed by atoms with Crippen LogP contribution in [-0.2, 0) is 11.5 Å². The lowest BCUT2D eigenvalue weighted by Crippen LogP contribution is -2.22. The molecule has 168 valence electrons. The van der Waals surface area contributed by atoms with Gasteiger partial charge in [0.05, 0.1) is 33.9 Å². The SMILES string of the molecule is Cc1nn(COCC[Si](C)(C)C)c2c1N=C(c1c(F)cccc1Cl)Nc1cnc(Cl)cc1-2. The fraction of sp³-hybridized carbons (Fsp3) is 0.318. The van der Waals surface area contributed by atoms with Crippen molar-refractivity contribution >= 4 is 48.5 Å². The van der Waals surface area contributed by atoms with E-state index in [-0.39, 0.29) is 23.2 Å². The fourth-order valence-electron chi connectivity index (χ4n) is 3.43. The van der Waals surface area contributed by atoms with Crippen LogP contribution < -0.4 is 5.32 Å². The van der Waals surface area contributed by atoms with E-state index in [1.807, 2.05) is 6.92 Å². The number of halogens is 3. The van der Waals surface area contributed by atoms with Crippen LogP contribution in [0.3, 0.4) is 0 Å². The van der Waals surface area contributed by atoms with Crippen LogP contribution in [0.15, 0.2) is 35.5 Å². The molecule has 2 aromatic heterocycles. The minimum atomic E-state index is -1.21. The number of aliphatic imine (C=N–C) groups is 1. The van der Waals surface area contributed by atoms with Crippen molar-refractivity contribution in [2.24, 2.45) is 4.99 Å². The number of rotatable bonds is 6. The molecule has 1 aliphatic heterocycles. The summed E-state index contributed by atoms with van der Waals surface area (Å²) in [5.41, 5.74) is 3.56. The van der Waals surface area contributed by atoms with Gasteiger partial charge in [-0.25, -0.2) is 19.0 Å². The Hall–Kier alpha value is -2.26. The zero-order chi connectivity index (χ0) is 23.0. The molecule has 0 radical (unpaired) electrons. The molecule has 1 N–H and O–H groups in total. The number of nitrogens with one attached hydrogen (secondary N) is 1. The average molecular weight is 492 g/mol. The fourth-order valence-corrected chi connectivity index (χ4v) is 4.60. The summed E-state index contributed by atoms with van der Waals surface area (Å²) in [5.74, 6) is -0.199. The molecule has 0 bridgehead atoms. The Morgan fingerprint density at radius 2 is 2.00 bits per heavy atom. The summed E-state index contributed by atoms with van der Waals surface area (Å²) in [6.07, 6.45) is 1.59. The second-order valence-electron chi connectivity index (χ2n) is 8.86. The van der Waals surface area contributed by atoms with E-state index in [1.54, 1.807) is 29.1 Å². The molecule has 4 rings (SSSR count). The molecule has 0 fully saturated rings. The van der Waals surface area contributed by atoms with Gasteiger partial charge in [0.2, 0.25) is 0 Å². The number of ether oxygens (including phenoxy) is 1. The van der Waals surface area contributed by atoms with Crippen molar-refractivity contribution in [3.63, 3.8) is 0 Å². The monoisotopic (exact) mass is 491 g/mol. The summed E-state index contributed by atoms with van der Waals surface area (Å²) in [5, 5.41) is 8.42. The third kappa shape index (κ3) is 4.73. The van der Waals surface area contributed by atoms with E-state index in [1.165, 1.54) is 6.07 Å². The molecule has 3 aromatic rings. The number of pyridine rings is 1. The van der Waals surface area contributed by atoms with Crippen molar-refractivity contribution in [1.82, 2.24) is 14.8 Å². The number of anilines is 1. The summed E-state index contributed by atoms with van der Waals surface area (Å²) in [4.78, 5) is 8.93. The predicted molar refractivity (Wildman–Crippen MR) is 131 cm³/mol. The standard InChI is InChI=1S/C22H24Cl2FN5OSi/c1-13-20-21(30(29-13)12-31-8-9-32(2,3)4)14-10-18(24)26-11-17(14)27-22(28-20)19-15(23)6-5-7-16(19)25/h5-7,10-11H,8-9,12H2,1-4H3,(H,27,28). The van der Waals surface area contributed by atoms with E-state index in [0.717, 1.165) is 17.3 Å². The highest BCUT2D eigenvalue weighted by molar-refractivity contribution is 6.76. The van der Waals surface area contributed by atoms with Crippen LogP contribution >= 0.6 is 23.2 Å². The molecule has 0 spiro atoms. The highest BCUT2D eigenvalue weighted by Gasteiger charge is 2.27. The minimum Gasteiger partial charge on any atom is -0.360 e. The Bertz CT molecular complexity index is 1190. The Kier molecular flexibility index (Phi) is 6.40. The maximum absolute atomic E-state index is 14.7. The van der Waals surface area contributed by atoms with Crippen LogP contribution in [0.2, 0.25) is 35.9 Å². The maximum atomic E-state index is 14.7. The summed E-state index contributed by atoms with van der Waals surface area (Å²) in [7, 11) is -1.21. The lowest BCUT2D eigenvalue weighted by atomic mass is 10.1. The summed E-state index contributed by atoms with van der Waals surface area (Å²) >= 11 is 12.5. The van der Waals surface area contributed by atoms with E-state index in [2.05, 4.69) is 35.0 Å². The molecule has 1 aromatic carbocycles. The molecule has 0 unspecified atom stereocenters. The summed E-state index contributed by atoms with van der Waals surface area (Å²) < 4.78 is 22.4. The summed E-state index contributed by atoms with van der Waals surface area (Å²) in [6.45, 7) is 9.70. The van der Waals surface area contributed by atoms with Crippen LogP contribution in [0.1, 0.15) is 11.3 Å². The highest BCUT2D eigenvalue weighted by Crippen LogP contribution is 2.41. The second-order valence-corrected chi connectivity index (χ2v) is 15.3. The van der Waals surface area contributed by atoms with Gasteiger partial charge >= 0.3 is 0 Å². The number of aromatic nitrogens is 3. The number of nitrogens with zero attached hydrogens (tertiary/aromatic N) is 4. The first-order valence-electron chi connectivity index (χ1n) is 10.3. The van der Waals surface area contributed by atoms with Gasteiger partial charge in [0.15, 0.2) is 0 Å². The van der Waals surface area contributed by atoms with Crippen LogP contribution in [0.5, 0.6) is 0 Å². The highest BCUT2D eigenvalue weighted by atomic mass is 35.5. The van der Waals surface area contributed by atoms with Gasteiger partial charge in [-0.1, -0.05) is 48.9 Å². The Labute approximate surface area is 197 Å². The van der Waals surface area contributed by atoms with Crippen molar-refractivity contribution in [1.29, 1.82) is 0 Å². The summed E-state index contributed by atoms with van der Waals surface area (Å²) in [6, 6.07) is 7.32. The topological polar surface area (TPSA) is 64.3 Å². The zero-order valence-corrected chi connectivity index (χ0v) is 20.9. The van der Waals surface area contributed by atoms with Crippen LogP contribution in [0, 0.1) is 12.7 Å². The van der Waals surface area contributed by atoms with Gasteiger partial charge in [0, 0.05) is 20.2 Å². The van der Waals surface area contributed by atoms with Gasteiger partial charge in [-0.2, -0.15) is 5.10 Å². The minimum absolute atomic E-state index is 0.182. The number of fused-ring (bicyclic) bond motifs is 3. The van der Waals surface area contributed by atoms with Crippen molar-refractivity contribution in [2.75, 3.05) is 11.9 Å². The van der Waals surface area contributed by atoms with Crippen LogP contribution in [-0.4, -0.2) is 35.3 Å². The molecule has 10 heteroatoms. The van der Waals surface area contributed by atoms with Crippen LogP contribution in [0.25, 0.3) is 11.3 Å². The van der Waals surface area contributed by atoms with Gasteiger partial charge in [-0.05, 0) is 31.2 Å². The molecule has 0 saturated heterocycles. The molecule has 32 heavy (non-hydrogen) atoms. The lowest BCUT2D eigenvalue weighted by Gasteiger charge is -2.16. The lowest BCUT2D eigenvalue weighted by molar-refractivity contribution is 0.0796. The first kappa shape index (κ1) is 22.9. The molecule has 0 aliphatic carbocycles. The van der Waals surface area contributed by atoms with E-state index in [9.17, 15) is 4.39 Å². The number of benzene rings is 1. The normalized spacial score (nSPS) is 13.2. The van der Waals surface area contributed by atoms with Crippen molar-refractivity contribution < 1.29 is 9.13 Å². The van der Waals surface area contributed by atoms with Crippen molar-refractivity contribution in [2.45, 2.75) is 39.3 Å². The smallest absolute Gasteiger partial charge is 0.143 e. The Morgan fingerprint density at radius 1 is 1.22 bits per heavy atom. The quantitative estimate of drug-likeness (QED) is 0.242. The molecule has 6 nitrogen and oxygen atoms in total. The van der Waals surface area contributed by atoms with Gasteiger partial charge < -0.3 is 10.1 Å². The number of hydrogen-bond acceptors (Lipinski definition) is 5. The molecular weight excluding hydrogens is 468 g/mol. The molecule has 1 aliphatic rings. The van der Waals surface area contributed by atoms with E-state index in [4.69, 9.17) is 32.9 Å². The van der Waals surface area contributed by atoms with Crippen molar-refractivity contribution in [3.05, 3.63) is 57.7 Å². The molecular formula is C22H24Cl2FN5OSi. The van der Waals surface area contributed by atoms with Crippen molar-refractivity contribution in [3.8, 4) is 11.3 Å². The number of aryl methyl sites for hydroxylation is 1.